The summed E-state index contributed by atoms with van der Waals surface area (Å²) in [4.78, 5) is 11.7. The number of carbonyl (C=O) groups is 1. The number of carbonyl (C=O) groups excluding carboxylic acids is 1. The van der Waals surface area contributed by atoms with Crippen molar-refractivity contribution in [1.82, 2.24) is 5.32 Å². The Morgan fingerprint density at radius 3 is 2.60 bits per heavy atom. The molecule has 1 fully saturated rings. The maximum Gasteiger partial charge on any atom is 0.253 e. The van der Waals surface area contributed by atoms with Gasteiger partial charge in [-0.3, -0.25) is 4.79 Å². The van der Waals surface area contributed by atoms with Crippen LogP contribution < -0.4 is 11.1 Å². The minimum atomic E-state index is -0.142. The lowest BCUT2D eigenvalue weighted by atomic mass is 10.1. The van der Waals surface area contributed by atoms with E-state index >= 15 is 0 Å². The zero-order chi connectivity index (χ0) is 11.3. The average molecular weight is 210 g/mol. The van der Waals surface area contributed by atoms with Gasteiger partial charge in [0.15, 0.2) is 0 Å². The van der Waals surface area contributed by atoms with Crippen LogP contribution in [0.4, 0.5) is 0 Å². The fraction of sp³-hybridized carbons (Fsp3) is 0.545. The normalized spacial score (nSPS) is 18.6. The smallest absolute Gasteiger partial charge is 0.253 e. The molecule has 0 aromatic heterocycles. The average Bonchev–Trinajstić information content (AvgIpc) is 2.19. The van der Waals surface area contributed by atoms with Crippen molar-refractivity contribution >= 4 is 5.91 Å². The molecule has 1 amide bonds. The third-order valence-electron chi connectivity index (χ3n) is 2.43. The summed E-state index contributed by atoms with van der Waals surface area (Å²) in [6, 6.07) is 0.195. The summed E-state index contributed by atoms with van der Waals surface area (Å²) in [5, 5.41) is 2.92. The Bertz CT molecular complexity index is 278. The fourth-order valence-electron chi connectivity index (χ4n) is 1.52. The van der Waals surface area contributed by atoms with Crippen molar-refractivity contribution in [2.75, 3.05) is 13.2 Å². The summed E-state index contributed by atoms with van der Waals surface area (Å²) in [6.45, 7) is 6.89. The van der Waals surface area contributed by atoms with Gasteiger partial charge in [0.1, 0.15) is 0 Å². The number of ether oxygens (including phenoxy) is 1. The van der Waals surface area contributed by atoms with Crippen molar-refractivity contribution in [3.63, 3.8) is 0 Å². The first kappa shape index (κ1) is 11.8. The van der Waals surface area contributed by atoms with Crippen LogP contribution in [0.2, 0.25) is 0 Å². The molecule has 0 spiro atoms. The first-order valence-corrected chi connectivity index (χ1v) is 5.11. The molecule has 1 aliphatic rings. The molecule has 4 nitrogen and oxygen atoms in total. The summed E-state index contributed by atoms with van der Waals surface area (Å²) >= 11 is 0. The van der Waals surface area contributed by atoms with Gasteiger partial charge < -0.3 is 15.8 Å². The van der Waals surface area contributed by atoms with Crippen LogP contribution in [0.5, 0.6) is 0 Å². The molecular weight excluding hydrogens is 192 g/mol. The highest BCUT2D eigenvalue weighted by Gasteiger charge is 2.18. The second-order valence-corrected chi connectivity index (χ2v) is 3.72. The molecule has 1 aliphatic heterocycles. The van der Waals surface area contributed by atoms with Crippen molar-refractivity contribution in [1.29, 1.82) is 0 Å². The third-order valence-corrected chi connectivity index (χ3v) is 2.43. The van der Waals surface area contributed by atoms with Crippen LogP contribution in [0, 0.1) is 0 Å². The van der Waals surface area contributed by atoms with E-state index < -0.39 is 0 Å². The van der Waals surface area contributed by atoms with E-state index in [2.05, 4.69) is 11.9 Å². The Morgan fingerprint density at radius 1 is 1.53 bits per heavy atom. The number of hydrogen-bond acceptors (Lipinski definition) is 3. The minimum Gasteiger partial charge on any atom is -0.404 e. The van der Waals surface area contributed by atoms with Gasteiger partial charge in [-0.15, -0.1) is 0 Å². The van der Waals surface area contributed by atoms with Crippen molar-refractivity contribution in [3.8, 4) is 0 Å². The second kappa shape index (κ2) is 5.56. The summed E-state index contributed by atoms with van der Waals surface area (Å²) in [6.07, 6.45) is 3.02. The van der Waals surface area contributed by atoms with Gasteiger partial charge in [-0.2, -0.15) is 0 Å². The zero-order valence-electron chi connectivity index (χ0n) is 9.08. The largest absolute Gasteiger partial charge is 0.404 e. The van der Waals surface area contributed by atoms with Gasteiger partial charge >= 0.3 is 0 Å². The molecule has 3 N–H and O–H groups in total. The van der Waals surface area contributed by atoms with Crippen molar-refractivity contribution in [2.24, 2.45) is 5.73 Å². The predicted molar refractivity (Wildman–Crippen MR) is 59.1 cm³/mol. The minimum absolute atomic E-state index is 0.142. The summed E-state index contributed by atoms with van der Waals surface area (Å²) in [5.41, 5.74) is 6.51. The van der Waals surface area contributed by atoms with E-state index in [9.17, 15) is 4.79 Å². The van der Waals surface area contributed by atoms with Crippen molar-refractivity contribution in [3.05, 3.63) is 23.9 Å². The van der Waals surface area contributed by atoms with E-state index in [1.54, 1.807) is 6.92 Å². The fourth-order valence-corrected chi connectivity index (χ4v) is 1.52. The standard InChI is InChI=1S/C11H18N2O2/c1-8(2)10(7-12)11(14)13-9-3-5-15-6-4-9/h7,9H,1,3-6,12H2,2H3,(H,13,14)/b10-7+. The molecule has 1 saturated heterocycles. The van der Waals surface area contributed by atoms with E-state index in [0.717, 1.165) is 12.8 Å². The Kier molecular flexibility index (Phi) is 4.37. The number of amides is 1. The number of hydrogen-bond donors (Lipinski definition) is 2. The van der Waals surface area contributed by atoms with Gasteiger partial charge in [-0.25, -0.2) is 0 Å². The number of rotatable bonds is 3. The van der Waals surface area contributed by atoms with Crippen LogP contribution in [0.1, 0.15) is 19.8 Å². The van der Waals surface area contributed by atoms with Crippen LogP contribution in [0.25, 0.3) is 0 Å². The maximum atomic E-state index is 11.7. The molecule has 0 aromatic carbocycles. The molecule has 1 rings (SSSR count). The second-order valence-electron chi connectivity index (χ2n) is 3.72. The lowest BCUT2D eigenvalue weighted by Crippen LogP contribution is -2.39. The van der Waals surface area contributed by atoms with E-state index in [4.69, 9.17) is 10.5 Å². The summed E-state index contributed by atoms with van der Waals surface area (Å²) in [5.74, 6) is -0.142. The highest BCUT2D eigenvalue weighted by molar-refractivity contribution is 5.97. The Labute approximate surface area is 90.2 Å². The van der Waals surface area contributed by atoms with Gasteiger partial charge in [0.25, 0.3) is 5.91 Å². The predicted octanol–water partition coefficient (Wildman–Crippen LogP) is 0.700. The van der Waals surface area contributed by atoms with Gasteiger partial charge in [0.2, 0.25) is 0 Å². The Morgan fingerprint density at radius 2 is 2.13 bits per heavy atom. The maximum absolute atomic E-state index is 11.7. The molecule has 0 saturated carbocycles. The van der Waals surface area contributed by atoms with Gasteiger partial charge in [0.05, 0.1) is 5.57 Å². The lowest BCUT2D eigenvalue weighted by Gasteiger charge is -2.23. The molecule has 0 unspecified atom stereocenters. The summed E-state index contributed by atoms with van der Waals surface area (Å²) < 4.78 is 5.21. The van der Waals surface area contributed by atoms with E-state index in [0.29, 0.717) is 24.4 Å². The molecule has 0 bridgehead atoms. The first-order valence-electron chi connectivity index (χ1n) is 5.11. The van der Waals surface area contributed by atoms with Crippen LogP contribution in [0.3, 0.4) is 0 Å². The van der Waals surface area contributed by atoms with Crippen molar-refractivity contribution in [2.45, 2.75) is 25.8 Å². The molecule has 0 aromatic rings. The van der Waals surface area contributed by atoms with E-state index in [1.165, 1.54) is 6.20 Å². The van der Waals surface area contributed by atoms with Crippen LogP contribution in [0.15, 0.2) is 23.9 Å². The Balaban J connectivity index is 2.50. The lowest BCUT2D eigenvalue weighted by molar-refractivity contribution is -0.118. The highest BCUT2D eigenvalue weighted by Crippen LogP contribution is 2.10. The number of nitrogens with one attached hydrogen (secondary N) is 1. The molecule has 0 atom stereocenters. The SMILES string of the molecule is C=C(C)/C(=C\N)C(=O)NC1CCOCC1. The van der Waals surface area contributed by atoms with Crippen LogP contribution >= 0.6 is 0 Å². The molecule has 0 aliphatic carbocycles. The Hall–Kier alpha value is -1.29. The van der Waals surface area contributed by atoms with Gasteiger partial charge in [0, 0.05) is 25.5 Å². The molecule has 15 heavy (non-hydrogen) atoms. The van der Waals surface area contributed by atoms with E-state index in [1.807, 2.05) is 0 Å². The highest BCUT2D eigenvalue weighted by atomic mass is 16.5. The van der Waals surface area contributed by atoms with Gasteiger partial charge in [-0.05, 0) is 25.3 Å². The molecule has 1 heterocycles. The molecule has 84 valence electrons. The molecule has 4 heteroatoms. The third kappa shape index (κ3) is 3.40. The molecular formula is C11H18N2O2. The monoisotopic (exact) mass is 210 g/mol. The summed E-state index contributed by atoms with van der Waals surface area (Å²) in [7, 11) is 0. The topological polar surface area (TPSA) is 64.4 Å². The quantitative estimate of drug-likeness (QED) is 0.532. The zero-order valence-corrected chi connectivity index (χ0v) is 9.08. The first-order chi connectivity index (χ1) is 7.15. The number of nitrogens with two attached hydrogens (primary N) is 1. The van der Waals surface area contributed by atoms with Crippen molar-refractivity contribution < 1.29 is 9.53 Å². The van der Waals surface area contributed by atoms with E-state index in [-0.39, 0.29) is 11.9 Å². The molecule has 0 radical (unpaired) electrons. The van der Waals surface area contributed by atoms with Gasteiger partial charge in [-0.1, -0.05) is 6.58 Å². The van der Waals surface area contributed by atoms with Crippen LogP contribution in [-0.2, 0) is 9.53 Å². The van der Waals surface area contributed by atoms with Crippen LogP contribution in [-0.4, -0.2) is 25.2 Å².